The number of carbonyl (C=O) groups is 1. The number of nitrogens with zero attached hydrogens (tertiary/aromatic N) is 1. The molecule has 13 heavy (non-hydrogen) atoms. The van der Waals surface area contributed by atoms with E-state index in [2.05, 4.69) is 20.9 Å². The Morgan fingerprint density at radius 1 is 1.62 bits per heavy atom. The molecule has 0 aromatic carbocycles. The molecule has 70 valence electrons. The Kier molecular flexibility index (Phi) is 3.33. The molecule has 1 aromatic rings. The Bertz CT molecular complexity index is 345. The van der Waals surface area contributed by atoms with E-state index in [9.17, 15) is 13.6 Å². The number of pyridine rings is 1. The summed E-state index contributed by atoms with van der Waals surface area (Å²) in [5.41, 5.74) is -0.473. The molecule has 0 radical (unpaired) electrons. The van der Waals surface area contributed by atoms with Crippen LogP contribution in [0.15, 0.2) is 16.7 Å². The summed E-state index contributed by atoms with van der Waals surface area (Å²) in [5.74, 6) is 0. The number of rotatable bonds is 2. The van der Waals surface area contributed by atoms with E-state index in [1.54, 1.807) is 0 Å². The highest BCUT2D eigenvalue weighted by atomic mass is 79.9. The second-order valence-electron chi connectivity index (χ2n) is 2.16. The predicted molar refractivity (Wildman–Crippen MR) is 47.1 cm³/mol. The minimum atomic E-state index is -2.71. The molecule has 0 atom stereocenters. The van der Waals surface area contributed by atoms with Crippen molar-refractivity contribution in [3.05, 3.63) is 28.0 Å². The molecule has 1 rings (SSSR count). The lowest BCUT2D eigenvalue weighted by molar-refractivity contribution is 0.107. The van der Waals surface area contributed by atoms with Crippen molar-refractivity contribution < 1.29 is 13.6 Å². The molecule has 0 spiro atoms. The highest BCUT2D eigenvalue weighted by Gasteiger charge is 2.14. The first-order valence-electron chi connectivity index (χ1n) is 3.16. The van der Waals surface area contributed by atoms with Gasteiger partial charge in [0.05, 0.1) is 5.56 Å². The van der Waals surface area contributed by atoms with Crippen molar-refractivity contribution in [3.63, 3.8) is 0 Å². The van der Waals surface area contributed by atoms with Crippen LogP contribution in [0.4, 0.5) is 8.78 Å². The average molecular weight is 270 g/mol. The van der Waals surface area contributed by atoms with Crippen LogP contribution in [0.5, 0.6) is 0 Å². The van der Waals surface area contributed by atoms with Gasteiger partial charge in [-0.15, -0.1) is 0 Å². The van der Waals surface area contributed by atoms with Gasteiger partial charge in [0.1, 0.15) is 5.69 Å². The molecule has 0 saturated heterocycles. The van der Waals surface area contributed by atoms with Crippen LogP contribution in [-0.4, -0.2) is 10.2 Å². The summed E-state index contributed by atoms with van der Waals surface area (Å²) < 4.78 is 24.5. The zero-order valence-corrected chi connectivity index (χ0v) is 8.44. The van der Waals surface area contributed by atoms with Crippen LogP contribution in [0.3, 0.4) is 0 Å². The number of hydrogen-bond acceptors (Lipinski definition) is 2. The van der Waals surface area contributed by atoms with Crippen molar-refractivity contribution in [2.45, 2.75) is 6.43 Å². The van der Waals surface area contributed by atoms with Gasteiger partial charge < -0.3 is 0 Å². The lowest BCUT2D eigenvalue weighted by atomic mass is 10.2. The first-order valence-corrected chi connectivity index (χ1v) is 4.33. The van der Waals surface area contributed by atoms with Crippen LogP contribution >= 0.6 is 27.5 Å². The Morgan fingerprint density at radius 3 is 2.69 bits per heavy atom. The molecular weight excluding hydrogens is 267 g/mol. The second-order valence-corrected chi connectivity index (χ2v) is 3.36. The zero-order valence-electron chi connectivity index (χ0n) is 6.10. The maximum Gasteiger partial charge on any atom is 0.280 e. The largest absolute Gasteiger partial charge is 0.280 e. The van der Waals surface area contributed by atoms with Gasteiger partial charge in [-0.2, -0.15) is 0 Å². The summed E-state index contributed by atoms with van der Waals surface area (Å²) in [6, 6.07) is 0.962. The minimum Gasteiger partial charge on any atom is -0.276 e. The van der Waals surface area contributed by atoms with Crippen LogP contribution in [0, 0.1) is 0 Å². The van der Waals surface area contributed by atoms with Gasteiger partial charge in [0, 0.05) is 10.7 Å². The lowest BCUT2D eigenvalue weighted by Gasteiger charge is -2.01. The fourth-order valence-electron chi connectivity index (χ4n) is 0.725. The van der Waals surface area contributed by atoms with Crippen molar-refractivity contribution in [1.29, 1.82) is 0 Å². The van der Waals surface area contributed by atoms with E-state index >= 15 is 0 Å². The number of halogens is 4. The van der Waals surface area contributed by atoms with E-state index in [4.69, 9.17) is 11.6 Å². The summed E-state index contributed by atoms with van der Waals surface area (Å²) >= 11 is 8.11. The highest BCUT2D eigenvalue weighted by Crippen LogP contribution is 2.23. The van der Waals surface area contributed by atoms with Gasteiger partial charge in [-0.1, -0.05) is 0 Å². The molecule has 6 heteroatoms. The van der Waals surface area contributed by atoms with Crippen LogP contribution in [0.2, 0.25) is 0 Å². The molecule has 0 aliphatic heterocycles. The van der Waals surface area contributed by atoms with Crippen LogP contribution in [0.1, 0.15) is 22.5 Å². The van der Waals surface area contributed by atoms with E-state index in [-0.39, 0.29) is 5.56 Å². The smallest absolute Gasteiger partial charge is 0.276 e. The van der Waals surface area contributed by atoms with Crippen molar-refractivity contribution >= 4 is 32.8 Å². The van der Waals surface area contributed by atoms with Crippen LogP contribution in [-0.2, 0) is 0 Å². The Hall–Kier alpha value is -0.550. The van der Waals surface area contributed by atoms with Crippen molar-refractivity contribution in [3.8, 4) is 0 Å². The third kappa shape index (κ3) is 2.45. The molecule has 0 aliphatic carbocycles. The van der Waals surface area contributed by atoms with Crippen molar-refractivity contribution in [2.24, 2.45) is 0 Å². The van der Waals surface area contributed by atoms with Gasteiger partial charge in [-0.25, -0.2) is 8.78 Å². The lowest BCUT2D eigenvalue weighted by Crippen LogP contribution is -1.97. The van der Waals surface area contributed by atoms with E-state index in [0.29, 0.717) is 4.47 Å². The monoisotopic (exact) mass is 269 g/mol. The fraction of sp³-hybridized carbons (Fsp3) is 0.143. The maximum absolute atomic E-state index is 12.1. The van der Waals surface area contributed by atoms with Gasteiger partial charge >= 0.3 is 0 Å². The zero-order chi connectivity index (χ0) is 10.0. The van der Waals surface area contributed by atoms with Gasteiger partial charge in [0.25, 0.3) is 11.7 Å². The first kappa shape index (κ1) is 10.5. The standard InChI is InChI=1S/C7H3BrClF2NO/c8-4-2-12-5(7(10)11)1-3(4)6(9)13/h1-2,7H. The molecule has 0 unspecified atom stereocenters. The summed E-state index contributed by atoms with van der Waals surface area (Å²) in [6.45, 7) is 0. The molecular formula is C7H3BrClF2NO. The summed E-state index contributed by atoms with van der Waals surface area (Å²) in [7, 11) is 0. The predicted octanol–water partition coefficient (Wildman–Crippen LogP) is 3.16. The van der Waals surface area contributed by atoms with Crippen LogP contribution in [0.25, 0.3) is 0 Å². The fourth-order valence-corrected chi connectivity index (χ4v) is 1.39. The molecule has 0 bridgehead atoms. The Labute approximate surface area is 86.0 Å². The molecule has 2 nitrogen and oxygen atoms in total. The average Bonchev–Trinajstić information content (AvgIpc) is 2.04. The number of hydrogen-bond donors (Lipinski definition) is 0. The Balaban J connectivity index is 3.19. The van der Waals surface area contributed by atoms with E-state index in [0.717, 1.165) is 12.3 Å². The topological polar surface area (TPSA) is 30.0 Å². The van der Waals surface area contributed by atoms with E-state index < -0.39 is 17.4 Å². The number of alkyl halides is 2. The number of carbonyl (C=O) groups excluding carboxylic acids is 1. The van der Waals surface area contributed by atoms with Crippen LogP contribution < -0.4 is 0 Å². The molecule has 0 aliphatic rings. The molecule has 0 saturated carbocycles. The molecule has 0 amide bonds. The van der Waals surface area contributed by atoms with Crippen molar-refractivity contribution in [2.75, 3.05) is 0 Å². The summed E-state index contributed by atoms with van der Waals surface area (Å²) in [6.07, 6.45) is -1.58. The summed E-state index contributed by atoms with van der Waals surface area (Å²) in [4.78, 5) is 14.1. The number of aromatic nitrogens is 1. The molecule has 0 fully saturated rings. The minimum absolute atomic E-state index is 0.00744. The molecule has 0 N–H and O–H groups in total. The molecule has 1 aromatic heterocycles. The van der Waals surface area contributed by atoms with E-state index in [1.165, 1.54) is 0 Å². The molecule has 1 heterocycles. The van der Waals surface area contributed by atoms with Gasteiger partial charge in [-0.05, 0) is 33.6 Å². The Morgan fingerprint density at radius 2 is 2.23 bits per heavy atom. The van der Waals surface area contributed by atoms with Crippen molar-refractivity contribution in [1.82, 2.24) is 4.98 Å². The quantitative estimate of drug-likeness (QED) is 0.773. The van der Waals surface area contributed by atoms with Gasteiger partial charge in [0.15, 0.2) is 0 Å². The first-order chi connectivity index (χ1) is 6.02. The highest BCUT2D eigenvalue weighted by molar-refractivity contribution is 9.10. The third-order valence-corrected chi connectivity index (χ3v) is 2.15. The van der Waals surface area contributed by atoms with Gasteiger partial charge in [0.2, 0.25) is 0 Å². The van der Waals surface area contributed by atoms with E-state index in [1.807, 2.05) is 0 Å². The normalized spacial score (nSPS) is 10.5. The summed E-state index contributed by atoms with van der Waals surface area (Å²) in [5, 5.41) is -0.795. The van der Waals surface area contributed by atoms with Gasteiger partial charge in [-0.3, -0.25) is 9.78 Å². The SMILES string of the molecule is O=C(Cl)c1cc(C(F)F)ncc1Br. The third-order valence-electron chi connectivity index (χ3n) is 1.31. The second kappa shape index (κ2) is 4.11. The maximum atomic E-state index is 12.1.